The van der Waals surface area contributed by atoms with E-state index in [0.717, 1.165) is 0 Å². The number of hydrogen-bond donors (Lipinski definition) is 0. The molecule has 0 radical (unpaired) electrons. The van der Waals surface area contributed by atoms with Crippen LogP contribution in [-0.2, 0) is 14.3 Å². The minimum Gasteiger partial charge on any atom is -0.378 e. The topological polar surface area (TPSA) is 35.5 Å². The number of Topliss-reactive ketones (excluding diaryl/α,β-unsaturated/α-hetero) is 1. The number of alkyl halides is 6. The van der Waals surface area contributed by atoms with E-state index < -0.39 is 37.4 Å². The Balaban J connectivity index is 4.09. The zero-order valence-electron chi connectivity index (χ0n) is 15.2. The largest absolute Gasteiger partial charge is 0.391 e. The van der Waals surface area contributed by atoms with E-state index >= 15 is 0 Å². The Bertz CT molecular complexity index is 348. The number of ketones is 1. The van der Waals surface area contributed by atoms with Crippen LogP contribution in [0.25, 0.3) is 0 Å². The van der Waals surface area contributed by atoms with Gasteiger partial charge >= 0.3 is 12.4 Å². The van der Waals surface area contributed by atoms with E-state index in [-0.39, 0.29) is 57.5 Å². The second-order valence-corrected chi connectivity index (χ2v) is 6.12. The Morgan fingerprint density at radius 3 is 1.38 bits per heavy atom. The maximum Gasteiger partial charge on any atom is 0.391 e. The summed E-state index contributed by atoms with van der Waals surface area (Å²) in [5.41, 5.74) is 0. The summed E-state index contributed by atoms with van der Waals surface area (Å²) in [5, 5.41) is 0. The summed E-state index contributed by atoms with van der Waals surface area (Å²) in [4.78, 5) is 11.8. The van der Waals surface area contributed by atoms with Crippen LogP contribution in [0.3, 0.4) is 0 Å². The first-order valence-corrected chi connectivity index (χ1v) is 8.85. The van der Waals surface area contributed by atoms with Crippen LogP contribution in [0.1, 0.15) is 65.2 Å². The molecule has 0 amide bonds. The summed E-state index contributed by atoms with van der Waals surface area (Å²) in [6.45, 7) is 3.52. The second-order valence-electron chi connectivity index (χ2n) is 6.12. The van der Waals surface area contributed by atoms with Gasteiger partial charge in [0.1, 0.15) is 5.78 Å². The predicted molar refractivity (Wildman–Crippen MR) is 84.9 cm³/mol. The van der Waals surface area contributed by atoms with Gasteiger partial charge in [-0.15, -0.1) is 0 Å². The Morgan fingerprint density at radius 2 is 1.12 bits per heavy atom. The SMILES string of the molecule is CCOC(CCCC(=O)CCCC(CC(F)(F)F)OCC)CC(F)(F)F. The zero-order chi connectivity index (χ0) is 20.2. The van der Waals surface area contributed by atoms with E-state index in [0.29, 0.717) is 0 Å². The molecule has 9 heteroatoms. The molecule has 2 unspecified atom stereocenters. The van der Waals surface area contributed by atoms with Crippen molar-refractivity contribution >= 4 is 5.78 Å². The minimum atomic E-state index is -4.32. The summed E-state index contributed by atoms with van der Waals surface area (Å²) in [7, 11) is 0. The molecule has 3 nitrogen and oxygen atoms in total. The molecule has 26 heavy (non-hydrogen) atoms. The van der Waals surface area contributed by atoms with Gasteiger partial charge in [0.2, 0.25) is 0 Å². The normalized spacial score (nSPS) is 15.1. The van der Waals surface area contributed by atoms with Gasteiger partial charge in [0.25, 0.3) is 0 Å². The standard InChI is InChI=1S/C17H28F6O3/c1-3-25-14(11-16(18,19)20)9-5-7-13(24)8-6-10-15(26-4-2)12-17(21,22)23/h14-15H,3-12H2,1-2H3. The van der Waals surface area contributed by atoms with Gasteiger partial charge in [-0.3, -0.25) is 4.79 Å². The van der Waals surface area contributed by atoms with Gasteiger partial charge in [-0.05, 0) is 39.5 Å². The van der Waals surface area contributed by atoms with Crippen molar-refractivity contribution in [2.75, 3.05) is 13.2 Å². The van der Waals surface area contributed by atoms with Crippen LogP contribution in [0, 0.1) is 0 Å². The molecule has 0 N–H and O–H groups in total. The summed E-state index contributed by atoms with van der Waals surface area (Å²) in [5.74, 6) is -0.172. The van der Waals surface area contributed by atoms with Crippen LogP contribution < -0.4 is 0 Å². The lowest BCUT2D eigenvalue weighted by atomic mass is 10.0. The number of rotatable bonds is 14. The smallest absolute Gasteiger partial charge is 0.378 e. The second kappa shape index (κ2) is 12.5. The zero-order valence-corrected chi connectivity index (χ0v) is 15.2. The summed E-state index contributed by atoms with van der Waals surface area (Å²) in [6.07, 6.45) is -11.7. The summed E-state index contributed by atoms with van der Waals surface area (Å²) >= 11 is 0. The molecule has 156 valence electrons. The third kappa shape index (κ3) is 15.4. The van der Waals surface area contributed by atoms with Gasteiger partial charge in [0, 0.05) is 26.1 Å². The number of hydrogen-bond acceptors (Lipinski definition) is 3. The van der Waals surface area contributed by atoms with Crippen molar-refractivity contribution in [3.05, 3.63) is 0 Å². The Hall–Kier alpha value is -0.830. The van der Waals surface area contributed by atoms with Gasteiger partial charge in [-0.2, -0.15) is 26.3 Å². The molecule has 0 aromatic heterocycles. The molecule has 0 saturated heterocycles. The van der Waals surface area contributed by atoms with E-state index in [4.69, 9.17) is 9.47 Å². The van der Waals surface area contributed by atoms with E-state index in [1.54, 1.807) is 13.8 Å². The van der Waals surface area contributed by atoms with Gasteiger partial charge in [0.15, 0.2) is 0 Å². The monoisotopic (exact) mass is 394 g/mol. The average molecular weight is 394 g/mol. The number of carbonyl (C=O) groups excluding carboxylic acids is 1. The molecule has 0 aliphatic heterocycles. The van der Waals surface area contributed by atoms with Gasteiger partial charge < -0.3 is 9.47 Å². The van der Waals surface area contributed by atoms with Crippen LogP contribution in [0.2, 0.25) is 0 Å². The fourth-order valence-corrected chi connectivity index (χ4v) is 2.66. The van der Waals surface area contributed by atoms with Crippen molar-refractivity contribution in [2.24, 2.45) is 0 Å². The van der Waals surface area contributed by atoms with E-state index in [9.17, 15) is 31.1 Å². The van der Waals surface area contributed by atoms with Crippen molar-refractivity contribution in [3.63, 3.8) is 0 Å². The predicted octanol–water partition coefficient (Wildman–Crippen LogP) is 5.61. The molecule has 0 heterocycles. The minimum absolute atomic E-state index is 0.0972. The molecular formula is C17H28F6O3. The van der Waals surface area contributed by atoms with Crippen molar-refractivity contribution in [1.82, 2.24) is 0 Å². The van der Waals surface area contributed by atoms with Crippen molar-refractivity contribution in [3.8, 4) is 0 Å². The maximum absolute atomic E-state index is 12.4. The highest BCUT2D eigenvalue weighted by Crippen LogP contribution is 2.26. The fraction of sp³-hybridized carbons (Fsp3) is 0.941. The van der Waals surface area contributed by atoms with Crippen LogP contribution in [-0.4, -0.2) is 43.6 Å². The molecule has 0 aliphatic rings. The quantitative estimate of drug-likeness (QED) is 0.359. The van der Waals surface area contributed by atoms with E-state index in [2.05, 4.69) is 0 Å². The van der Waals surface area contributed by atoms with Gasteiger partial charge in [-0.25, -0.2) is 0 Å². The highest BCUT2D eigenvalue weighted by molar-refractivity contribution is 5.78. The summed E-state index contributed by atoms with van der Waals surface area (Å²) in [6, 6.07) is 0. The fourth-order valence-electron chi connectivity index (χ4n) is 2.66. The van der Waals surface area contributed by atoms with Crippen molar-refractivity contribution in [2.45, 2.75) is 89.8 Å². The lowest BCUT2D eigenvalue weighted by molar-refractivity contribution is -0.161. The van der Waals surface area contributed by atoms with Crippen LogP contribution in [0.4, 0.5) is 26.3 Å². The van der Waals surface area contributed by atoms with Crippen LogP contribution >= 0.6 is 0 Å². The molecule has 0 aromatic carbocycles. The molecule has 0 bridgehead atoms. The molecule has 0 fully saturated rings. The molecule has 2 atom stereocenters. The Kier molecular flexibility index (Phi) is 12.1. The number of halogens is 6. The van der Waals surface area contributed by atoms with Crippen LogP contribution in [0.15, 0.2) is 0 Å². The summed E-state index contributed by atoms with van der Waals surface area (Å²) < 4.78 is 84.5. The van der Waals surface area contributed by atoms with E-state index in [1.807, 2.05) is 0 Å². The van der Waals surface area contributed by atoms with Crippen LogP contribution in [0.5, 0.6) is 0 Å². The first-order chi connectivity index (χ1) is 12.0. The van der Waals surface area contributed by atoms with Crippen molar-refractivity contribution in [1.29, 1.82) is 0 Å². The molecule has 0 rings (SSSR count). The maximum atomic E-state index is 12.4. The van der Waals surface area contributed by atoms with Crippen molar-refractivity contribution < 1.29 is 40.6 Å². The third-order valence-corrected chi connectivity index (χ3v) is 3.69. The number of carbonyl (C=O) groups is 1. The lowest BCUT2D eigenvalue weighted by Crippen LogP contribution is -2.23. The average Bonchev–Trinajstić information content (AvgIpc) is 2.44. The molecular weight excluding hydrogens is 366 g/mol. The first-order valence-electron chi connectivity index (χ1n) is 8.85. The molecule has 0 spiro atoms. The molecule has 0 aromatic rings. The highest BCUT2D eigenvalue weighted by Gasteiger charge is 2.33. The highest BCUT2D eigenvalue weighted by atomic mass is 19.4. The Morgan fingerprint density at radius 1 is 0.769 bits per heavy atom. The Labute approximate surface area is 150 Å². The molecule has 0 saturated carbocycles. The third-order valence-electron chi connectivity index (χ3n) is 3.69. The number of ether oxygens (including phenoxy) is 2. The van der Waals surface area contributed by atoms with E-state index in [1.165, 1.54) is 0 Å². The molecule has 0 aliphatic carbocycles. The van der Waals surface area contributed by atoms with Gasteiger partial charge in [0.05, 0.1) is 25.0 Å². The first kappa shape index (κ1) is 25.2. The van der Waals surface area contributed by atoms with Gasteiger partial charge in [-0.1, -0.05) is 0 Å². The lowest BCUT2D eigenvalue weighted by Gasteiger charge is -2.19.